The van der Waals surface area contributed by atoms with E-state index in [1.165, 1.54) is 10.5 Å². The standard InChI is InChI=1S/C16H25N3O5S/c1-15(2)10-18(11-16(24-15)4-6-23-12-16)25(20,21)14-7-17-19(8-14)13-3-5-22-9-13/h7-8,13H,3-6,9-12H2,1-2H3. The molecule has 0 N–H and O–H groups in total. The lowest BCUT2D eigenvalue weighted by atomic mass is 9.97. The molecule has 4 heterocycles. The first-order valence-corrected chi connectivity index (χ1v) is 10.1. The van der Waals surface area contributed by atoms with E-state index < -0.39 is 21.2 Å². The summed E-state index contributed by atoms with van der Waals surface area (Å²) in [5, 5.41) is 4.26. The third-order valence-electron chi connectivity index (χ3n) is 5.08. The first-order chi connectivity index (χ1) is 11.8. The highest BCUT2D eigenvalue weighted by Gasteiger charge is 2.50. The minimum absolute atomic E-state index is 0.111. The van der Waals surface area contributed by atoms with Crippen LogP contribution in [0.15, 0.2) is 17.3 Å². The number of rotatable bonds is 3. The van der Waals surface area contributed by atoms with E-state index in [4.69, 9.17) is 14.2 Å². The highest BCUT2D eigenvalue weighted by molar-refractivity contribution is 7.89. The molecule has 3 fully saturated rings. The van der Waals surface area contributed by atoms with Crippen molar-refractivity contribution in [3.8, 4) is 0 Å². The van der Waals surface area contributed by atoms with Crippen molar-refractivity contribution in [3.05, 3.63) is 12.4 Å². The Labute approximate surface area is 148 Å². The van der Waals surface area contributed by atoms with Gasteiger partial charge in [-0.25, -0.2) is 8.42 Å². The van der Waals surface area contributed by atoms with Gasteiger partial charge in [0.05, 0.1) is 31.1 Å². The molecule has 1 aromatic heterocycles. The second-order valence-corrected chi connectivity index (χ2v) is 9.73. The van der Waals surface area contributed by atoms with Crippen LogP contribution in [-0.2, 0) is 24.2 Å². The van der Waals surface area contributed by atoms with E-state index in [9.17, 15) is 8.42 Å². The Balaban J connectivity index is 1.60. The van der Waals surface area contributed by atoms with Crippen molar-refractivity contribution >= 4 is 10.0 Å². The molecule has 1 spiro atoms. The largest absolute Gasteiger partial charge is 0.379 e. The maximum Gasteiger partial charge on any atom is 0.246 e. The number of morpholine rings is 1. The van der Waals surface area contributed by atoms with E-state index in [-0.39, 0.29) is 10.9 Å². The number of ether oxygens (including phenoxy) is 3. The third kappa shape index (κ3) is 3.23. The molecule has 25 heavy (non-hydrogen) atoms. The van der Waals surface area contributed by atoms with Crippen molar-refractivity contribution in [2.24, 2.45) is 0 Å². The summed E-state index contributed by atoms with van der Waals surface area (Å²) in [6, 6.07) is 0.111. The van der Waals surface area contributed by atoms with Gasteiger partial charge >= 0.3 is 0 Å². The lowest BCUT2D eigenvalue weighted by Crippen LogP contribution is -2.61. The quantitative estimate of drug-likeness (QED) is 0.782. The summed E-state index contributed by atoms with van der Waals surface area (Å²) in [6.45, 7) is 6.77. The molecule has 3 aliphatic heterocycles. The molecule has 9 heteroatoms. The smallest absolute Gasteiger partial charge is 0.246 e. The Morgan fingerprint density at radius 3 is 2.76 bits per heavy atom. The molecule has 140 valence electrons. The van der Waals surface area contributed by atoms with Crippen molar-refractivity contribution in [1.29, 1.82) is 0 Å². The van der Waals surface area contributed by atoms with Gasteiger partial charge in [0.15, 0.2) is 0 Å². The van der Waals surface area contributed by atoms with Crippen LogP contribution in [0.4, 0.5) is 0 Å². The molecule has 0 radical (unpaired) electrons. The molecule has 3 saturated heterocycles. The lowest BCUT2D eigenvalue weighted by molar-refractivity contribution is -0.180. The van der Waals surface area contributed by atoms with Crippen LogP contribution in [0, 0.1) is 0 Å². The fourth-order valence-electron chi connectivity index (χ4n) is 3.95. The number of aromatic nitrogens is 2. The van der Waals surface area contributed by atoms with Crippen molar-refractivity contribution in [2.75, 3.05) is 39.5 Å². The molecule has 2 unspecified atom stereocenters. The van der Waals surface area contributed by atoms with E-state index in [0.29, 0.717) is 45.9 Å². The zero-order valence-electron chi connectivity index (χ0n) is 14.7. The number of sulfonamides is 1. The molecule has 0 bridgehead atoms. The van der Waals surface area contributed by atoms with Crippen LogP contribution in [-0.4, -0.2) is 73.2 Å². The third-order valence-corrected chi connectivity index (χ3v) is 6.82. The van der Waals surface area contributed by atoms with Gasteiger partial charge in [0.1, 0.15) is 10.5 Å². The highest BCUT2D eigenvalue weighted by atomic mass is 32.2. The van der Waals surface area contributed by atoms with Gasteiger partial charge in [-0.15, -0.1) is 0 Å². The molecule has 0 aromatic carbocycles. The summed E-state index contributed by atoms with van der Waals surface area (Å²) < 4.78 is 46.7. The summed E-state index contributed by atoms with van der Waals surface area (Å²) in [4.78, 5) is 0.228. The fourth-order valence-corrected chi connectivity index (χ4v) is 5.56. The van der Waals surface area contributed by atoms with Crippen LogP contribution in [0.1, 0.15) is 32.7 Å². The SMILES string of the molecule is CC1(C)CN(S(=O)(=O)c2cnn(C3CCOC3)c2)CC2(CCOC2)O1. The normalized spacial score (nSPS) is 33.3. The molecule has 8 nitrogen and oxygen atoms in total. The second kappa shape index (κ2) is 6.02. The Kier molecular flexibility index (Phi) is 4.19. The van der Waals surface area contributed by atoms with Crippen molar-refractivity contribution in [2.45, 2.75) is 48.8 Å². The van der Waals surface area contributed by atoms with Gasteiger partial charge in [-0.1, -0.05) is 0 Å². The van der Waals surface area contributed by atoms with Crippen LogP contribution in [0.5, 0.6) is 0 Å². The van der Waals surface area contributed by atoms with Gasteiger partial charge in [-0.3, -0.25) is 4.68 Å². The van der Waals surface area contributed by atoms with Gasteiger partial charge in [-0.05, 0) is 20.3 Å². The maximum atomic E-state index is 13.2. The van der Waals surface area contributed by atoms with Crippen LogP contribution < -0.4 is 0 Å². The highest BCUT2D eigenvalue weighted by Crippen LogP contribution is 2.37. The van der Waals surface area contributed by atoms with Gasteiger partial charge in [0.25, 0.3) is 0 Å². The Morgan fingerprint density at radius 2 is 2.08 bits per heavy atom. The van der Waals surface area contributed by atoms with Crippen LogP contribution in [0.3, 0.4) is 0 Å². The second-order valence-electron chi connectivity index (χ2n) is 7.79. The van der Waals surface area contributed by atoms with Gasteiger partial charge in [0.2, 0.25) is 10.0 Å². The van der Waals surface area contributed by atoms with E-state index in [0.717, 1.165) is 6.42 Å². The first-order valence-electron chi connectivity index (χ1n) is 8.70. The summed E-state index contributed by atoms with van der Waals surface area (Å²) in [6.07, 6.45) is 4.62. The van der Waals surface area contributed by atoms with Crippen LogP contribution in [0.2, 0.25) is 0 Å². The van der Waals surface area contributed by atoms with Crippen LogP contribution in [0.25, 0.3) is 0 Å². The molecule has 3 aliphatic rings. The average Bonchev–Trinajstić information content (AvgIpc) is 3.26. The number of nitrogens with zero attached hydrogens (tertiary/aromatic N) is 3. The summed E-state index contributed by atoms with van der Waals surface area (Å²) in [7, 11) is -3.63. The van der Waals surface area contributed by atoms with Crippen LogP contribution >= 0.6 is 0 Å². The van der Waals surface area contributed by atoms with Gasteiger partial charge in [-0.2, -0.15) is 9.40 Å². The average molecular weight is 371 g/mol. The zero-order chi connectivity index (χ0) is 17.7. The number of hydrogen-bond donors (Lipinski definition) is 0. The Morgan fingerprint density at radius 1 is 1.24 bits per heavy atom. The minimum atomic E-state index is -3.63. The molecule has 0 amide bonds. The zero-order valence-corrected chi connectivity index (χ0v) is 15.5. The van der Waals surface area contributed by atoms with Crippen molar-refractivity contribution in [1.82, 2.24) is 14.1 Å². The molecule has 2 atom stereocenters. The Hall–Kier alpha value is -1.00. The maximum absolute atomic E-state index is 13.2. The predicted octanol–water partition coefficient (Wildman–Crippen LogP) is 0.803. The van der Waals surface area contributed by atoms with E-state index in [1.54, 1.807) is 10.9 Å². The van der Waals surface area contributed by atoms with E-state index >= 15 is 0 Å². The van der Waals surface area contributed by atoms with E-state index in [1.807, 2.05) is 13.8 Å². The predicted molar refractivity (Wildman–Crippen MR) is 88.8 cm³/mol. The minimum Gasteiger partial charge on any atom is -0.379 e. The first kappa shape index (κ1) is 17.4. The lowest BCUT2D eigenvalue weighted by Gasteiger charge is -2.47. The molecule has 4 rings (SSSR count). The monoisotopic (exact) mass is 371 g/mol. The van der Waals surface area contributed by atoms with Gasteiger partial charge in [0, 0.05) is 38.9 Å². The van der Waals surface area contributed by atoms with E-state index in [2.05, 4.69) is 5.10 Å². The van der Waals surface area contributed by atoms with Crippen molar-refractivity contribution in [3.63, 3.8) is 0 Å². The molecular weight excluding hydrogens is 346 g/mol. The summed E-state index contributed by atoms with van der Waals surface area (Å²) in [5.41, 5.74) is -1.11. The summed E-state index contributed by atoms with van der Waals surface area (Å²) in [5.74, 6) is 0. The Bertz CT molecular complexity index is 733. The molecular formula is C16H25N3O5S. The molecule has 0 saturated carbocycles. The summed E-state index contributed by atoms with van der Waals surface area (Å²) >= 11 is 0. The van der Waals surface area contributed by atoms with Gasteiger partial charge < -0.3 is 14.2 Å². The number of hydrogen-bond acceptors (Lipinski definition) is 6. The molecule has 0 aliphatic carbocycles. The topological polar surface area (TPSA) is 82.9 Å². The van der Waals surface area contributed by atoms with Crippen molar-refractivity contribution < 1.29 is 22.6 Å². The molecule has 1 aromatic rings. The fraction of sp³-hybridized carbons (Fsp3) is 0.812.